The molecule has 0 spiro atoms. The highest BCUT2D eigenvalue weighted by molar-refractivity contribution is 7.92. The van der Waals surface area contributed by atoms with Gasteiger partial charge >= 0.3 is 0 Å². The molecule has 0 bridgehead atoms. The number of pyridine rings is 1. The molecule has 5 nitrogen and oxygen atoms in total. The van der Waals surface area contributed by atoms with Gasteiger partial charge < -0.3 is 5.32 Å². The molecule has 2 aromatic carbocycles. The van der Waals surface area contributed by atoms with Crippen molar-refractivity contribution in [2.24, 2.45) is 0 Å². The van der Waals surface area contributed by atoms with E-state index in [1.807, 2.05) is 29.8 Å². The van der Waals surface area contributed by atoms with Crippen LogP contribution in [0.15, 0.2) is 59.1 Å². The number of benzene rings is 2. The molecule has 4 aromatic rings. The molecule has 0 aliphatic carbocycles. The number of rotatable bonds is 4. The van der Waals surface area contributed by atoms with E-state index in [9.17, 15) is 8.42 Å². The van der Waals surface area contributed by atoms with Gasteiger partial charge in [0.25, 0.3) is 0 Å². The summed E-state index contributed by atoms with van der Waals surface area (Å²) in [6.07, 6.45) is 1.71. The van der Waals surface area contributed by atoms with Gasteiger partial charge in [-0.1, -0.05) is 0 Å². The number of anilines is 2. The maximum atomic E-state index is 12.5. The zero-order valence-corrected chi connectivity index (χ0v) is 15.9. The third-order valence-electron chi connectivity index (χ3n) is 4.27. The van der Waals surface area contributed by atoms with E-state index >= 15 is 0 Å². The average molecular weight is 383 g/mol. The number of aromatic nitrogens is 2. The van der Waals surface area contributed by atoms with E-state index in [4.69, 9.17) is 0 Å². The Labute approximate surface area is 155 Å². The Kier molecular flexibility index (Phi) is 4.13. The minimum Gasteiger partial charge on any atom is -0.355 e. The van der Waals surface area contributed by atoms with Gasteiger partial charge in [0.05, 0.1) is 31.4 Å². The third-order valence-corrected chi connectivity index (χ3v) is 7.22. The van der Waals surface area contributed by atoms with Gasteiger partial charge in [-0.25, -0.2) is 13.4 Å². The lowest BCUT2D eigenvalue weighted by atomic mass is 10.2. The summed E-state index contributed by atoms with van der Waals surface area (Å²) < 4.78 is 26.1. The molecule has 0 atom stereocenters. The molecule has 0 unspecified atom stereocenters. The third kappa shape index (κ3) is 2.93. The second-order valence-electron chi connectivity index (χ2n) is 6.29. The van der Waals surface area contributed by atoms with Gasteiger partial charge in [0, 0.05) is 23.0 Å². The van der Waals surface area contributed by atoms with Gasteiger partial charge in [0.2, 0.25) is 0 Å². The Hall–Kier alpha value is -2.51. The Morgan fingerprint density at radius 1 is 1.00 bits per heavy atom. The molecule has 0 fully saturated rings. The molecule has 2 heterocycles. The lowest BCUT2D eigenvalue weighted by Gasteiger charge is -2.12. The Morgan fingerprint density at radius 2 is 1.81 bits per heavy atom. The van der Waals surface area contributed by atoms with Gasteiger partial charge in [-0.05, 0) is 56.3 Å². The first-order valence-corrected chi connectivity index (χ1v) is 10.6. The smallest absolute Gasteiger partial charge is 0.180 e. The standard InChI is InChI=1S/C19H17N3O2S2/c1-12(2)26(23,24)14-4-6-16-15(10-14)17(7-8-20-16)22-13-3-5-18-19(9-13)25-11-21-18/h3-12H,1-2H3,(H,20,22). The topological polar surface area (TPSA) is 72.0 Å². The van der Waals surface area contributed by atoms with Gasteiger partial charge in [0.1, 0.15) is 0 Å². The highest BCUT2D eigenvalue weighted by atomic mass is 32.2. The summed E-state index contributed by atoms with van der Waals surface area (Å²) in [4.78, 5) is 8.95. The predicted octanol–water partition coefficient (Wildman–Crippen LogP) is 4.77. The molecule has 132 valence electrons. The number of hydrogen-bond donors (Lipinski definition) is 1. The zero-order valence-electron chi connectivity index (χ0n) is 14.3. The molecule has 4 rings (SSSR count). The predicted molar refractivity (Wildman–Crippen MR) is 107 cm³/mol. The lowest BCUT2D eigenvalue weighted by Crippen LogP contribution is -2.13. The van der Waals surface area contributed by atoms with Crippen LogP contribution in [0.5, 0.6) is 0 Å². The summed E-state index contributed by atoms with van der Waals surface area (Å²) in [5, 5.41) is 3.69. The van der Waals surface area contributed by atoms with Crippen molar-refractivity contribution in [1.29, 1.82) is 0 Å². The minimum atomic E-state index is -3.34. The zero-order chi connectivity index (χ0) is 18.3. The fourth-order valence-electron chi connectivity index (χ4n) is 2.77. The fraction of sp³-hybridized carbons (Fsp3) is 0.158. The van der Waals surface area contributed by atoms with E-state index in [0.29, 0.717) is 4.90 Å². The van der Waals surface area contributed by atoms with Crippen LogP contribution in [-0.4, -0.2) is 23.6 Å². The molecular weight excluding hydrogens is 366 g/mol. The first-order chi connectivity index (χ1) is 12.4. The maximum absolute atomic E-state index is 12.5. The Bertz CT molecular complexity index is 1210. The second-order valence-corrected chi connectivity index (χ2v) is 9.68. The van der Waals surface area contributed by atoms with Crippen molar-refractivity contribution in [3.8, 4) is 0 Å². The lowest BCUT2D eigenvalue weighted by molar-refractivity contribution is 0.587. The largest absolute Gasteiger partial charge is 0.355 e. The summed E-state index contributed by atoms with van der Waals surface area (Å²) in [5.41, 5.74) is 5.27. The minimum absolute atomic E-state index is 0.314. The molecule has 26 heavy (non-hydrogen) atoms. The number of thiazole rings is 1. The van der Waals surface area contributed by atoms with Crippen molar-refractivity contribution in [3.63, 3.8) is 0 Å². The van der Waals surface area contributed by atoms with Gasteiger partial charge in [0.15, 0.2) is 9.84 Å². The molecule has 0 radical (unpaired) electrons. The highest BCUT2D eigenvalue weighted by Gasteiger charge is 2.20. The fourth-order valence-corrected chi connectivity index (χ4v) is 4.57. The van der Waals surface area contributed by atoms with Gasteiger partial charge in [-0.2, -0.15) is 0 Å². The number of nitrogens with zero attached hydrogens (tertiary/aromatic N) is 2. The first kappa shape index (κ1) is 16.9. The molecular formula is C19H17N3O2S2. The van der Waals surface area contributed by atoms with Crippen LogP contribution in [0.25, 0.3) is 21.1 Å². The highest BCUT2D eigenvalue weighted by Crippen LogP contribution is 2.30. The van der Waals surface area contributed by atoms with Crippen LogP contribution >= 0.6 is 11.3 Å². The van der Waals surface area contributed by atoms with Crippen LogP contribution in [0.4, 0.5) is 11.4 Å². The van der Waals surface area contributed by atoms with Crippen molar-refractivity contribution in [2.45, 2.75) is 24.0 Å². The molecule has 0 saturated carbocycles. The van der Waals surface area contributed by atoms with E-state index in [1.54, 1.807) is 49.6 Å². The average Bonchev–Trinajstić information content (AvgIpc) is 3.09. The number of nitrogens with one attached hydrogen (secondary N) is 1. The van der Waals surface area contributed by atoms with Crippen LogP contribution in [0, 0.1) is 0 Å². The molecule has 7 heteroatoms. The van der Waals surface area contributed by atoms with Crippen LogP contribution < -0.4 is 5.32 Å². The summed E-state index contributed by atoms with van der Waals surface area (Å²) in [6, 6.07) is 12.9. The summed E-state index contributed by atoms with van der Waals surface area (Å²) in [6.45, 7) is 3.37. The normalized spacial score (nSPS) is 12.1. The van der Waals surface area contributed by atoms with E-state index < -0.39 is 15.1 Å². The van der Waals surface area contributed by atoms with Crippen molar-refractivity contribution in [1.82, 2.24) is 9.97 Å². The van der Waals surface area contributed by atoms with Crippen molar-refractivity contribution in [2.75, 3.05) is 5.32 Å². The van der Waals surface area contributed by atoms with E-state index in [2.05, 4.69) is 15.3 Å². The van der Waals surface area contributed by atoms with Crippen LogP contribution in [0.1, 0.15) is 13.8 Å². The Balaban J connectivity index is 1.81. The molecule has 0 saturated heterocycles. The molecule has 2 aromatic heterocycles. The number of hydrogen-bond acceptors (Lipinski definition) is 6. The van der Waals surface area contributed by atoms with E-state index in [-0.39, 0.29) is 0 Å². The molecule has 0 aliphatic rings. The summed E-state index contributed by atoms with van der Waals surface area (Å²) in [5.74, 6) is 0. The summed E-state index contributed by atoms with van der Waals surface area (Å²) >= 11 is 1.58. The van der Waals surface area contributed by atoms with E-state index in [0.717, 1.165) is 32.5 Å². The molecule has 1 N–H and O–H groups in total. The maximum Gasteiger partial charge on any atom is 0.180 e. The molecule has 0 aliphatic heterocycles. The van der Waals surface area contributed by atoms with E-state index in [1.165, 1.54) is 0 Å². The number of sulfone groups is 1. The second kappa shape index (κ2) is 6.34. The van der Waals surface area contributed by atoms with Crippen molar-refractivity contribution >= 4 is 53.7 Å². The van der Waals surface area contributed by atoms with Crippen LogP contribution in [0.2, 0.25) is 0 Å². The van der Waals surface area contributed by atoms with Crippen molar-refractivity contribution in [3.05, 3.63) is 54.2 Å². The van der Waals surface area contributed by atoms with Gasteiger partial charge in [-0.15, -0.1) is 11.3 Å². The first-order valence-electron chi connectivity index (χ1n) is 8.18. The molecule has 0 amide bonds. The summed E-state index contributed by atoms with van der Waals surface area (Å²) in [7, 11) is -3.34. The van der Waals surface area contributed by atoms with Gasteiger partial charge in [-0.3, -0.25) is 4.98 Å². The van der Waals surface area contributed by atoms with Crippen molar-refractivity contribution < 1.29 is 8.42 Å². The monoisotopic (exact) mass is 383 g/mol. The SMILES string of the molecule is CC(C)S(=O)(=O)c1ccc2nccc(Nc3ccc4ncsc4c3)c2c1. The number of fused-ring (bicyclic) bond motifs is 2. The quantitative estimate of drug-likeness (QED) is 0.549. The Morgan fingerprint density at radius 3 is 2.62 bits per heavy atom. The van der Waals surface area contributed by atoms with Crippen LogP contribution in [0.3, 0.4) is 0 Å². The van der Waals surface area contributed by atoms with Crippen LogP contribution in [-0.2, 0) is 9.84 Å².